The Morgan fingerprint density at radius 3 is 2.81 bits per heavy atom. The smallest absolute Gasteiger partial charge is 0.255 e. The summed E-state index contributed by atoms with van der Waals surface area (Å²) in [5.41, 5.74) is 6.60. The van der Waals surface area contributed by atoms with Gasteiger partial charge in [0.1, 0.15) is 0 Å². The van der Waals surface area contributed by atoms with Gasteiger partial charge in [-0.25, -0.2) is 0 Å². The zero-order valence-corrected chi connectivity index (χ0v) is 11.8. The van der Waals surface area contributed by atoms with Crippen molar-refractivity contribution in [1.29, 1.82) is 0 Å². The van der Waals surface area contributed by atoms with E-state index >= 15 is 0 Å². The minimum Gasteiger partial charge on any atom is -0.393 e. The Morgan fingerprint density at radius 2 is 2.14 bits per heavy atom. The maximum absolute atomic E-state index is 12.9. The van der Waals surface area contributed by atoms with Crippen LogP contribution in [0.1, 0.15) is 41.6 Å². The van der Waals surface area contributed by atoms with Crippen molar-refractivity contribution in [2.24, 2.45) is 5.73 Å². The minimum absolute atomic E-state index is 0.00174. The van der Waals surface area contributed by atoms with Crippen molar-refractivity contribution in [3.05, 3.63) is 29.6 Å². The summed E-state index contributed by atoms with van der Waals surface area (Å²) >= 11 is 0. The lowest BCUT2D eigenvalue weighted by atomic mass is 9.98. The van der Waals surface area contributed by atoms with Gasteiger partial charge in [0.2, 0.25) is 0 Å². The maximum Gasteiger partial charge on any atom is 0.255 e. The van der Waals surface area contributed by atoms with Crippen molar-refractivity contribution >= 4 is 5.91 Å². The van der Waals surface area contributed by atoms with Crippen molar-refractivity contribution in [2.45, 2.75) is 43.9 Å². The molecule has 0 spiro atoms. The second-order valence-corrected chi connectivity index (χ2v) is 5.65. The number of amides is 1. The summed E-state index contributed by atoms with van der Waals surface area (Å²) in [5, 5.41) is 9.85. The van der Waals surface area contributed by atoms with Gasteiger partial charge in [0.05, 0.1) is 23.8 Å². The molecule has 2 fully saturated rings. The van der Waals surface area contributed by atoms with E-state index in [1.165, 1.54) is 0 Å². The second kappa shape index (κ2) is 5.84. The molecule has 3 heterocycles. The van der Waals surface area contributed by atoms with Crippen LogP contribution in [0.25, 0.3) is 0 Å². The number of nitrogens with zero attached hydrogens (tertiary/aromatic N) is 2. The number of aromatic nitrogens is 1. The normalized spacial score (nSPS) is 27.1. The average molecular weight is 285 g/mol. The van der Waals surface area contributed by atoms with Crippen LogP contribution in [0.5, 0.6) is 0 Å². The molecule has 2 aliphatic heterocycles. The van der Waals surface area contributed by atoms with Crippen LogP contribution in [-0.4, -0.2) is 45.6 Å². The van der Waals surface area contributed by atoms with E-state index in [1.807, 2.05) is 4.90 Å². The highest BCUT2D eigenvalue weighted by atomic mass is 16.3. The lowest BCUT2D eigenvalue weighted by molar-refractivity contribution is 0.0286. The Morgan fingerprint density at radius 1 is 1.43 bits per heavy atom. The van der Waals surface area contributed by atoms with Gasteiger partial charge in [0.15, 0.2) is 0 Å². The fourth-order valence-corrected chi connectivity index (χ4v) is 3.45. The maximum atomic E-state index is 12.9. The molecule has 2 atom stereocenters. The third kappa shape index (κ3) is 2.65. The fraction of sp³-hybridized carbons (Fsp3) is 0.500. The van der Waals surface area contributed by atoms with Gasteiger partial charge in [-0.15, -0.1) is 0 Å². The van der Waals surface area contributed by atoms with Crippen LogP contribution in [0.15, 0.2) is 18.5 Å². The van der Waals surface area contributed by atoms with Crippen LogP contribution in [0.3, 0.4) is 0 Å². The van der Waals surface area contributed by atoms with Crippen LogP contribution < -0.4 is 5.73 Å². The van der Waals surface area contributed by atoms with Gasteiger partial charge >= 0.3 is 0 Å². The summed E-state index contributed by atoms with van der Waals surface area (Å²) in [6.45, 7) is 0.254. The van der Waals surface area contributed by atoms with Crippen LogP contribution in [0.4, 0.5) is 0 Å². The molecule has 0 radical (unpaired) electrons. The van der Waals surface area contributed by atoms with E-state index in [2.05, 4.69) is 16.8 Å². The monoisotopic (exact) mass is 285 g/mol. The summed E-state index contributed by atoms with van der Waals surface area (Å²) in [4.78, 5) is 18.8. The van der Waals surface area contributed by atoms with E-state index in [1.54, 1.807) is 18.5 Å². The molecule has 21 heavy (non-hydrogen) atoms. The standard InChI is InChI=1S/C16H19N3O2/c17-6-1-2-11-10-18-7-5-15(11)16(21)19-12-3-4-13(19)9-14(20)8-12/h5,7,10,12-14,20H,3-4,6,8-9,17H2. The van der Waals surface area contributed by atoms with Crippen LogP contribution in [0, 0.1) is 11.8 Å². The Hall–Kier alpha value is -1.90. The van der Waals surface area contributed by atoms with Gasteiger partial charge in [-0.05, 0) is 31.7 Å². The molecule has 5 heteroatoms. The molecular weight excluding hydrogens is 266 g/mol. The second-order valence-electron chi connectivity index (χ2n) is 5.65. The predicted molar refractivity (Wildman–Crippen MR) is 78.4 cm³/mol. The molecule has 3 rings (SSSR count). The molecule has 1 amide bonds. The molecule has 5 nitrogen and oxygen atoms in total. The number of fused-ring (bicyclic) bond motifs is 2. The van der Waals surface area contributed by atoms with Gasteiger partial charge < -0.3 is 15.7 Å². The SMILES string of the molecule is NCC#Cc1cnccc1C(=O)N1C2CCC1CC(O)C2. The summed E-state index contributed by atoms with van der Waals surface area (Å²) in [6, 6.07) is 2.01. The number of pyridine rings is 1. The lowest BCUT2D eigenvalue weighted by Crippen LogP contribution is -2.48. The average Bonchev–Trinajstić information content (AvgIpc) is 2.76. The third-order valence-electron chi connectivity index (χ3n) is 4.32. The third-order valence-corrected chi connectivity index (χ3v) is 4.32. The van der Waals surface area contributed by atoms with E-state index < -0.39 is 0 Å². The molecule has 2 saturated heterocycles. The molecule has 0 saturated carbocycles. The highest BCUT2D eigenvalue weighted by Crippen LogP contribution is 2.36. The van der Waals surface area contributed by atoms with E-state index in [4.69, 9.17) is 5.73 Å². The topological polar surface area (TPSA) is 79.5 Å². The minimum atomic E-state index is -0.277. The first-order chi connectivity index (χ1) is 10.2. The number of aliphatic hydroxyl groups is 1. The predicted octanol–water partition coefficient (Wildman–Crippen LogP) is 0.520. The Labute approximate surface area is 124 Å². The Kier molecular flexibility index (Phi) is 3.91. The van der Waals surface area contributed by atoms with Gasteiger partial charge in [-0.2, -0.15) is 0 Å². The van der Waals surface area contributed by atoms with Crippen molar-refractivity contribution in [2.75, 3.05) is 6.54 Å². The van der Waals surface area contributed by atoms with Crippen molar-refractivity contribution in [1.82, 2.24) is 9.88 Å². The number of piperidine rings is 1. The van der Waals surface area contributed by atoms with E-state index in [9.17, 15) is 9.90 Å². The number of carbonyl (C=O) groups is 1. The number of rotatable bonds is 1. The first-order valence-electron chi connectivity index (χ1n) is 7.34. The zero-order chi connectivity index (χ0) is 14.8. The zero-order valence-electron chi connectivity index (χ0n) is 11.8. The molecule has 1 aromatic rings. The molecule has 1 aromatic heterocycles. The molecule has 2 unspecified atom stereocenters. The summed E-state index contributed by atoms with van der Waals surface area (Å²) in [6.07, 6.45) is 6.25. The number of hydrogen-bond acceptors (Lipinski definition) is 4. The fourth-order valence-electron chi connectivity index (χ4n) is 3.45. The van der Waals surface area contributed by atoms with E-state index in [0.29, 0.717) is 24.0 Å². The summed E-state index contributed by atoms with van der Waals surface area (Å²) in [7, 11) is 0. The number of carbonyl (C=O) groups excluding carboxylic acids is 1. The molecule has 2 bridgehead atoms. The highest BCUT2D eigenvalue weighted by molar-refractivity contribution is 5.97. The van der Waals surface area contributed by atoms with Gasteiger partial charge in [0.25, 0.3) is 5.91 Å². The summed E-state index contributed by atoms with van der Waals surface area (Å²) < 4.78 is 0. The number of aliphatic hydroxyl groups excluding tert-OH is 1. The van der Waals surface area contributed by atoms with Gasteiger partial charge in [0, 0.05) is 24.5 Å². The highest BCUT2D eigenvalue weighted by Gasteiger charge is 2.43. The lowest BCUT2D eigenvalue weighted by Gasteiger charge is -2.37. The number of hydrogen-bond donors (Lipinski definition) is 2. The van der Waals surface area contributed by atoms with E-state index in [0.717, 1.165) is 12.8 Å². The van der Waals surface area contributed by atoms with Crippen molar-refractivity contribution in [3.63, 3.8) is 0 Å². The molecule has 110 valence electrons. The quantitative estimate of drug-likeness (QED) is 0.737. The number of nitrogens with two attached hydrogens (primary N) is 1. The Balaban J connectivity index is 1.90. The molecular formula is C16H19N3O2. The van der Waals surface area contributed by atoms with Crippen LogP contribution >= 0.6 is 0 Å². The van der Waals surface area contributed by atoms with Crippen molar-refractivity contribution < 1.29 is 9.90 Å². The van der Waals surface area contributed by atoms with Crippen LogP contribution in [-0.2, 0) is 0 Å². The van der Waals surface area contributed by atoms with Crippen LogP contribution in [0.2, 0.25) is 0 Å². The first kappa shape index (κ1) is 14.1. The van der Waals surface area contributed by atoms with Crippen molar-refractivity contribution in [3.8, 4) is 11.8 Å². The largest absolute Gasteiger partial charge is 0.393 e. The summed E-state index contributed by atoms with van der Waals surface area (Å²) in [5.74, 6) is 5.69. The van der Waals surface area contributed by atoms with Gasteiger partial charge in [-0.3, -0.25) is 9.78 Å². The van der Waals surface area contributed by atoms with Gasteiger partial charge in [-0.1, -0.05) is 11.8 Å². The Bertz CT molecular complexity index is 591. The molecule has 0 aliphatic carbocycles. The molecule has 3 N–H and O–H groups in total. The molecule has 2 aliphatic rings. The van der Waals surface area contributed by atoms with E-state index in [-0.39, 0.29) is 30.6 Å². The first-order valence-corrected chi connectivity index (χ1v) is 7.34. The molecule has 0 aromatic carbocycles.